The van der Waals surface area contributed by atoms with Gasteiger partial charge in [0.15, 0.2) is 0 Å². The van der Waals surface area contributed by atoms with Crippen molar-refractivity contribution in [3.63, 3.8) is 0 Å². The van der Waals surface area contributed by atoms with Gasteiger partial charge in [0.05, 0.1) is 6.10 Å². The number of fused-ring (bicyclic) bond motifs is 1. The topological polar surface area (TPSA) is 45.1 Å². The molecule has 0 amide bonds. The van der Waals surface area contributed by atoms with E-state index in [4.69, 9.17) is 0 Å². The quantitative estimate of drug-likeness (QED) is 0.767. The first-order chi connectivity index (χ1) is 8.79. The summed E-state index contributed by atoms with van der Waals surface area (Å²) in [6.45, 7) is 3.69. The number of aliphatic hydroxyl groups is 1. The number of rotatable bonds is 6. The number of benzene rings is 1. The van der Waals surface area contributed by atoms with Gasteiger partial charge in [-0.1, -0.05) is 19.1 Å². The molecule has 0 spiro atoms. The van der Waals surface area contributed by atoms with Crippen molar-refractivity contribution in [1.82, 2.24) is 10.3 Å². The lowest BCUT2D eigenvalue weighted by atomic mass is 10.1. The lowest BCUT2D eigenvalue weighted by Gasteiger charge is -2.09. The first kappa shape index (κ1) is 13.0. The van der Waals surface area contributed by atoms with E-state index in [1.165, 1.54) is 16.3 Å². The summed E-state index contributed by atoms with van der Waals surface area (Å²) in [5, 5.41) is 15.2. The fourth-order valence-electron chi connectivity index (χ4n) is 1.95. The van der Waals surface area contributed by atoms with Crippen LogP contribution >= 0.6 is 0 Å². The third-order valence-electron chi connectivity index (χ3n) is 3.16. The molecule has 2 rings (SSSR count). The molecule has 0 aliphatic rings. The van der Waals surface area contributed by atoms with E-state index in [1.54, 1.807) is 0 Å². The zero-order chi connectivity index (χ0) is 12.8. The predicted octanol–water partition coefficient (Wildman–Crippen LogP) is 2.49. The largest absolute Gasteiger partial charge is 0.393 e. The maximum Gasteiger partial charge on any atom is 0.0549 e. The molecular weight excluding hydrogens is 224 g/mol. The molecule has 1 atom stereocenters. The molecule has 0 fully saturated rings. The molecule has 0 saturated heterocycles. The van der Waals surface area contributed by atoms with Crippen LogP contribution in [0.3, 0.4) is 0 Å². The van der Waals surface area contributed by atoms with Gasteiger partial charge in [-0.2, -0.15) is 0 Å². The van der Waals surface area contributed by atoms with Gasteiger partial charge in [-0.15, -0.1) is 0 Å². The van der Waals surface area contributed by atoms with E-state index >= 15 is 0 Å². The Labute approximate surface area is 108 Å². The predicted molar refractivity (Wildman–Crippen MR) is 74.4 cm³/mol. The lowest BCUT2D eigenvalue weighted by molar-refractivity contribution is 0.159. The van der Waals surface area contributed by atoms with Crippen molar-refractivity contribution in [3.8, 4) is 0 Å². The molecule has 0 radical (unpaired) electrons. The van der Waals surface area contributed by atoms with Gasteiger partial charge < -0.3 is 10.4 Å². The van der Waals surface area contributed by atoms with E-state index in [0.717, 1.165) is 25.9 Å². The molecule has 2 N–H and O–H groups in total. The molecule has 2 aromatic rings. The highest BCUT2D eigenvalue weighted by Crippen LogP contribution is 2.14. The third-order valence-corrected chi connectivity index (χ3v) is 3.16. The van der Waals surface area contributed by atoms with Crippen molar-refractivity contribution in [2.24, 2.45) is 0 Å². The second kappa shape index (κ2) is 6.47. The second-order valence-electron chi connectivity index (χ2n) is 4.58. The van der Waals surface area contributed by atoms with Crippen molar-refractivity contribution >= 4 is 10.8 Å². The molecule has 18 heavy (non-hydrogen) atoms. The van der Waals surface area contributed by atoms with Gasteiger partial charge in [0.2, 0.25) is 0 Å². The summed E-state index contributed by atoms with van der Waals surface area (Å²) in [6.07, 6.45) is 5.15. The third kappa shape index (κ3) is 3.52. The zero-order valence-electron chi connectivity index (χ0n) is 10.8. The van der Waals surface area contributed by atoms with Crippen LogP contribution in [0.15, 0.2) is 36.7 Å². The SMILES string of the molecule is CCC(O)CCNCc1ccc2cnccc2c1. The molecule has 1 unspecified atom stereocenters. The van der Waals surface area contributed by atoms with Gasteiger partial charge >= 0.3 is 0 Å². The Morgan fingerprint density at radius 3 is 3.00 bits per heavy atom. The van der Waals surface area contributed by atoms with Crippen molar-refractivity contribution in [3.05, 3.63) is 42.2 Å². The molecule has 1 heterocycles. The molecule has 96 valence electrons. The summed E-state index contributed by atoms with van der Waals surface area (Å²) in [7, 11) is 0. The maximum atomic E-state index is 9.45. The minimum atomic E-state index is -0.180. The Morgan fingerprint density at radius 1 is 1.28 bits per heavy atom. The van der Waals surface area contributed by atoms with Gasteiger partial charge in [0.25, 0.3) is 0 Å². The van der Waals surface area contributed by atoms with E-state index < -0.39 is 0 Å². The fourth-order valence-corrected chi connectivity index (χ4v) is 1.95. The number of hydrogen-bond donors (Lipinski definition) is 2. The first-order valence-electron chi connectivity index (χ1n) is 6.51. The number of aliphatic hydroxyl groups excluding tert-OH is 1. The minimum Gasteiger partial charge on any atom is -0.393 e. The Bertz CT molecular complexity index is 499. The van der Waals surface area contributed by atoms with Crippen LogP contribution in [-0.4, -0.2) is 22.7 Å². The zero-order valence-corrected chi connectivity index (χ0v) is 10.8. The summed E-state index contributed by atoms with van der Waals surface area (Å²) in [4.78, 5) is 4.10. The summed E-state index contributed by atoms with van der Waals surface area (Å²) in [5.74, 6) is 0. The molecule has 3 nitrogen and oxygen atoms in total. The van der Waals surface area contributed by atoms with Gasteiger partial charge in [-0.3, -0.25) is 4.98 Å². The molecular formula is C15H20N2O. The van der Waals surface area contributed by atoms with Gasteiger partial charge in [-0.25, -0.2) is 0 Å². The van der Waals surface area contributed by atoms with E-state index in [-0.39, 0.29) is 6.10 Å². The molecule has 0 bridgehead atoms. The van der Waals surface area contributed by atoms with Crippen LogP contribution in [0.25, 0.3) is 10.8 Å². The average molecular weight is 244 g/mol. The number of aromatic nitrogens is 1. The van der Waals surface area contributed by atoms with Crippen molar-refractivity contribution in [2.45, 2.75) is 32.4 Å². The average Bonchev–Trinajstić information content (AvgIpc) is 2.43. The van der Waals surface area contributed by atoms with Crippen LogP contribution in [0.1, 0.15) is 25.3 Å². The van der Waals surface area contributed by atoms with Crippen molar-refractivity contribution < 1.29 is 5.11 Å². The summed E-state index contributed by atoms with van der Waals surface area (Å²) < 4.78 is 0. The summed E-state index contributed by atoms with van der Waals surface area (Å²) >= 11 is 0. The Hall–Kier alpha value is -1.45. The first-order valence-corrected chi connectivity index (χ1v) is 6.51. The highest BCUT2D eigenvalue weighted by Gasteiger charge is 2.00. The highest BCUT2D eigenvalue weighted by atomic mass is 16.3. The van der Waals surface area contributed by atoms with E-state index in [1.807, 2.05) is 25.4 Å². The van der Waals surface area contributed by atoms with Crippen LogP contribution in [0, 0.1) is 0 Å². The number of pyridine rings is 1. The van der Waals surface area contributed by atoms with E-state index in [2.05, 4.69) is 28.5 Å². The van der Waals surface area contributed by atoms with Crippen LogP contribution in [0.2, 0.25) is 0 Å². The van der Waals surface area contributed by atoms with Gasteiger partial charge in [0.1, 0.15) is 0 Å². The lowest BCUT2D eigenvalue weighted by Crippen LogP contribution is -2.19. The van der Waals surface area contributed by atoms with Crippen LogP contribution < -0.4 is 5.32 Å². The number of nitrogens with zero attached hydrogens (tertiary/aromatic N) is 1. The number of hydrogen-bond acceptors (Lipinski definition) is 3. The van der Waals surface area contributed by atoms with E-state index in [9.17, 15) is 5.11 Å². The Kier molecular flexibility index (Phi) is 4.67. The monoisotopic (exact) mass is 244 g/mol. The second-order valence-corrected chi connectivity index (χ2v) is 4.58. The normalized spacial score (nSPS) is 12.8. The summed E-state index contributed by atoms with van der Waals surface area (Å²) in [5.41, 5.74) is 1.26. The smallest absolute Gasteiger partial charge is 0.0549 e. The number of nitrogens with one attached hydrogen (secondary N) is 1. The highest BCUT2D eigenvalue weighted by molar-refractivity contribution is 5.81. The van der Waals surface area contributed by atoms with Crippen LogP contribution in [-0.2, 0) is 6.54 Å². The molecule has 0 saturated carbocycles. The van der Waals surface area contributed by atoms with Gasteiger partial charge in [-0.05, 0) is 42.5 Å². The Balaban J connectivity index is 1.88. The molecule has 0 aliphatic heterocycles. The molecule has 1 aromatic heterocycles. The van der Waals surface area contributed by atoms with Crippen LogP contribution in [0.5, 0.6) is 0 Å². The molecule has 0 aliphatic carbocycles. The summed E-state index contributed by atoms with van der Waals surface area (Å²) in [6, 6.07) is 8.42. The Morgan fingerprint density at radius 2 is 2.17 bits per heavy atom. The van der Waals surface area contributed by atoms with Gasteiger partial charge in [0, 0.05) is 24.3 Å². The fraction of sp³-hybridized carbons (Fsp3) is 0.400. The molecule has 1 aromatic carbocycles. The van der Waals surface area contributed by atoms with E-state index in [0.29, 0.717) is 0 Å². The standard InChI is InChI=1S/C15H20N2O/c1-2-15(18)6-8-16-10-12-3-4-14-11-17-7-5-13(14)9-12/h3-5,7,9,11,15-16,18H,2,6,8,10H2,1H3. The van der Waals surface area contributed by atoms with Crippen molar-refractivity contribution in [1.29, 1.82) is 0 Å². The molecule has 3 heteroatoms. The van der Waals surface area contributed by atoms with Crippen LogP contribution in [0.4, 0.5) is 0 Å². The maximum absolute atomic E-state index is 9.45. The van der Waals surface area contributed by atoms with Crippen molar-refractivity contribution in [2.75, 3.05) is 6.54 Å². The minimum absolute atomic E-state index is 0.180.